The molecule has 2 nitrogen and oxygen atoms in total. The van der Waals surface area contributed by atoms with E-state index in [1.807, 2.05) is 5.38 Å². The van der Waals surface area contributed by atoms with E-state index in [9.17, 15) is 4.79 Å². The van der Waals surface area contributed by atoms with Crippen molar-refractivity contribution in [3.63, 3.8) is 0 Å². The van der Waals surface area contributed by atoms with Gasteiger partial charge in [0.1, 0.15) is 6.29 Å². The molecule has 0 fully saturated rings. The van der Waals surface area contributed by atoms with Crippen LogP contribution in [0.2, 0.25) is 0 Å². The fraction of sp³-hybridized carbons (Fsp3) is 0.444. The van der Waals surface area contributed by atoms with Gasteiger partial charge < -0.3 is 10.5 Å². The molecule has 1 rings (SSSR count). The molecule has 0 bridgehead atoms. The van der Waals surface area contributed by atoms with Gasteiger partial charge in [0.2, 0.25) is 0 Å². The molecule has 1 aromatic heterocycles. The van der Waals surface area contributed by atoms with E-state index in [0.29, 0.717) is 18.9 Å². The van der Waals surface area contributed by atoms with Crippen LogP contribution in [0.3, 0.4) is 0 Å². The van der Waals surface area contributed by atoms with Crippen LogP contribution in [0.4, 0.5) is 0 Å². The smallest absolute Gasteiger partial charge is 0.120 e. The lowest BCUT2D eigenvalue weighted by atomic mass is 9.99. The number of rotatable bonds is 5. The molecule has 0 amide bonds. The minimum atomic E-state index is 0.317. The highest BCUT2D eigenvalue weighted by atomic mass is 32.1. The van der Waals surface area contributed by atoms with Crippen molar-refractivity contribution in [2.45, 2.75) is 12.8 Å². The van der Waals surface area contributed by atoms with Gasteiger partial charge in [-0.05, 0) is 41.3 Å². The zero-order valence-corrected chi connectivity index (χ0v) is 7.72. The number of aldehydes is 1. The molecule has 0 spiro atoms. The van der Waals surface area contributed by atoms with Crippen LogP contribution in [-0.2, 0) is 11.2 Å². The normalized spacial score (nSPS) is 12.8. The molecule has 0 radical (unpaired) electrons. The second-order valence-corrected chi connectivity index (χ2v) is 3.62. The second kappa shape index (κ2) is 5.06. The minimum Gasteiger partial charge on any atom is -0.330 e. The van der Waals surface area contributed by atoms with Gasteiger partial charge in [-0.3, -0.25) is 0 Å². The highest BCUT2D eigenvalue weighted by molar-refractivity contribution is 7.07. The minimum absolute atomic E-state index is 0.317. The third kappa shape index (κ3) is 2.75. The molecule has 0 aliphatic rings. The summed E-state index contributed by atoms with van der Waals surface area (Å²) in [5.41, 5.74) is 6.81. The van der Waals surface area contributed by atoms with E-state index in [1.54, 1.807) is 11.3 Å². The lowest BCUT2D eigenvalue weighted by molar-refractivity contribution is -0.108. The Labute approximate surface area is 76.4 Å². The Bertz CT molecular complexity index is 220. The summed E-state index contributed by atoms with van der Waals surface area (Å²) in [6.45, 7) is 0.592. The van der Waals surface area contributed by atoms with Crippen molar-refractivity contribution in [3.05, 3.63) is 22.4 Å². The maximum absolute atomic E-state index is 10.2. The second-order valence-electron chi connectivity index (χ2n) is 2.84. The van der Waals surface area contributed by atoms with Gasteiger partial charge in [0.15, 0.2) is 0 Å². The predicted molar refractivity (Wildman–Crippen MR) is 51.2 cm³/mol. The Kier molecular flexibility index (Phi) is 3.97. The Morgan fingerprint density at radius 3 is 3.00 bits per heavy atom. The van der Waals surface area contributed by atoms with E-state index < -0.39 is 0 Å². The van der Waals surface area contributed by atoms with Crippen LogP contribution in [-0.4, -0.2) is 12.8 Å². The molecule has 66 valence electrons. The van der Waals surface area contributed by atoms with Crippen molar-refractivity contribution in [2.75, 3.05) is 6.54 Å². The SMILES string of the molecule is NCC(CC=O)Cc1ccsc1. The third-order valence-electron chi connectivity index (χ3n) is 1.87. The summed E-state index contributed by atoms with van der Waals surface area (Å²) < 4.78 is 0. The van der Waals surface area contributed by atoms with Gasteiger partial charge in [-0.1, -0.05) is 0 Å². The van der Waals surface area contributed by atoms with Crippen molar-refractivity contribution in [1.82, 2.24) is 0 Å². The summed E-state index contributed by atoms with van der Waals surface area (Å²) in [5.74, 6) is 0.317. The van der Waals surface area contributed by atoms with Crippen LogP contribution in [0.25, 0.3) is 0 Å². The lowest BCUT2D eigenvalue weighted by Crippen LogP contribution is -2.16. The van der Waals surface area contributed by atoms with Gasteiger partial charge in [0, 0.05) is 6.42 Å². The summed E-state index contributed by atoms with van der Waals surface area (Å²) in [6, 6.07) is 2.08. The van der Waals surface area contributed by atoms with Crippen LogP contribution in [0.5, 0.6) is 0 Å². The Morgan fingerprint density at radius 1 is 1.67 bits per heavy atom. The molecular weight excluding hydrogens is 170 g/mol. The van der Waals surface area contributed by atoms with Crippen LogP contribution in [0, 0.1) is 5.92 Å². The summed E-state index contributed by atoms with van der Waals surface area (Å²) in [7, 11) is 0. The van der Waals surface area contributed by atoms with Crippen LogP contribution < -0.4 is 5.73 Å². The molecule has 0 aliphatic carbocycles. The Morgan fingerprint density at radius 2 is 2.50 bits per heavy atom. The van der Waals surface area contributed by atoms with E-state index in [1.165, 1.54) is 5.56 Å². The maximum Gasteiger partial charge on any atom is 0.120 e. The predicted octanol–water partition coefficient (Wildman–Crippen LogP) is 1.45. The molecule has 0 aliphatic heterocycles. The van der Waals surface area contributed by atoms with Gasteiger partial charge >= 0.3 is 0 Å². The number of carbonyl (C=O) groups is 1. The summed E-state index contributed by atoms with van der Waals surface area (Å²) in [4.78, 5) is 10.2. The van der Waals surface area contributed by atoms with Gasteiger partial charge in [-0.2, -0.15) is 11.3 Å². The van der Waals surface area contributed by atoms with Crippen molar-refractivity contribution in [2.24, 2.45) is 11.7 Å². The molecule has 12 heavy (non-hydrogen) atoms. The summed E-state index contributed by atoms with van der Waals surface area (Å²) in [5, 5.41) is 4.15. The molecule has 3 heteroatoms. The van der Waals surface area contributed by atoms with Crippen molar-refractivity contribution in [1.29, 1.82) is 0 Å². The third-order valence-corrected chi connectivity index (χ3v) is 2.60. The van der Waals surface area contributed by atoms with E-state index in [-0.39, 0.29) is 0 Å². The first-order chi connectivity index (χ1) is 5.86. The van der Waals surface area contributed by atoms with Crippen LogP contribution >= 0.6 is 11.3 Å². The molecule has 0 aromatic carbocycles. The standard InChI is InChI=1S/C9H13NOS/c10-6-8(1-3-11)5-9-2-4-12-7-9/h2-4,7-8H,1,5-6,10H2. The number of nitrogens with two attached hydrogens (primary N) is 1. The largest absolute Gasteiger partial charge is 0.330 e. The average Bonchev–Trinajstić information content (AvgIpc) is 2.56. The molecular formula is C9H13NOS. The highest BCUT2D eigenvalue weighted by Crippen LogP contribution is 2.13. The van der Waals surface area contributed by atoms with Gasteiger partial charge in [0.25, 0.3) is 0 Å². The first kappa shape index (κ1) is 9.42. The number of carbonyl (C=O) groups excluding carboxylic acids is 1. The molecule has 2 N–H and O–H groups in total. The topological polar surface area (TPSA) is 43.1 Å². The molecule has 1 heterocycles. The van der Waals surface area contributed by atoms with E-state index in [0.717, 1.165) is 12.7 Å². The van der Waals surface area contributed by atoms with Gasteiger partial charge in [0.05, 0.1) is 0 Å². The zero-order chi connectivity index (χ0) is 8.81. The highest BCUT2D eigenvalue weighted by Gasteiger charge is 2.06. The average molecular weight is 183 g/mol. The van der Waals surface area contributed by atoms with Gasteiger partial charge in [-0.25, -0.2) is 0 Å². The number of hydrogen-bond acceptors (Lipinski definition) is 3. The van der Waals surface area contributed by atoms with E-state index >= 15 is 0 Å². The monoisotopic (exact) mass is 183 g/mol. The molecule has 1 aromatic rings. The zero-order valence-electron chi connectivity index (χ0n) is 6.90. The van der Waals surface area contributed by atoms with Crippen molar-refractivity contribution in [3.8, 4) is 0 Å². The molecule has 0 saturated carbocycles. The quantitative estimate of drug-likeness (QED) is 0.702. The first-order valence-corrected chi connectivity index (χ1v) is 4.96. The van der Waals surface area contributed by atoms with Gasteiger partial charge in [-0.15, -0.1) is 0 Å². The molecule has 1 unspecified atom stereocenters. The Balaban J connectivity index is 2.42. The lowest BCUT2D eigenvalue weighted by Gasteiger charge is -2.08. The van der Waals surface area contributed by atoms with Crippen LogP contribution in [0.15, 0.2) is 16.8 Å². The first-order valence-electron chi connectivity index (χ1n) is 4.01. The fourth-order valence-electron chi connectivity index (χ4n) is 1.14. The number of thiophene rings is 1. The van der Waals surface area contributed by atoms with Crippen molar-refractivity contribution >= 4 is 17.6 Å². The molecule has 1 atom stereocenters. The summed E-state index contributed by atoms with van der Waals surface area (Å²) in [6.07, 6.45) is 2.45. The van der Waals surface area contributed by atoms with Crippen molar-refractivity contribution < 1.29 is 4.79 Å². The molecule has 0 saturated heterocycles. The van der Waals surface area contributed by atoms with E-state index in [2.05, 4.69) is 11.4 Å². The maximum atomic E-state index is 10.2. The summed E-state index contributed by atoms with van der Waals surface area (Å²) >= 11 is 1.68. The fourth-order valence-corrected chi connectivity index (χ4v) is 1.82. The Hall–Kier alpha value is -0.670. The van der Waals surface area contributed by atoms with Crippen LogP contribution in [0.1, 0.15) is 12.0 Å². The van der Waals surface area contributed by atoms with E-state index in [4.69, 9.17) is 5.73 Å². The number of hydrogen-bond donors (Lipinski definition) is 1.